The molecule has 2 aromatic rings. The fourth-order valence-electron chi connectivity index (χ4n) is 3.40. The van der Waals surface area contributed by atoms with Gasteiger partial charge in [-0.2, -0.15) is 0 Å². The summed E-state index contributed by atoms with van der Waals surface area (Å²) in [5, 5.41) is 9.46. The first-order chi connectivity index (χ1) is 12.6. The van der Waals surface area contributed by atoms with Gasteiger partial charge in [-0.15, -0.1) is 0 Å². The zero-order valence-corrected chi connectivity index (χ0v) is 14.2. The van der Waals surface area contributed by atoms with Gasteiger partial charge in [-0.25, -0.2) is 4.79 Å². The highest BCUT2D eigenvalue weighted by molar-refractivity contribution is 6.08. The van der Waals surface area contributed by atoms with E-state index in [9.17, 15) is 19.5 Å². The molecule has 26 heavy (non-hydrogen) atoms. The molecule has 3 rings (SSSR count). The molecule has 2 unspecified atom stereocenters. The van der Waals surface area contributed by atoms with Crippen molar-refractivity contribution in [2.24, 2.45) is 5.92 Å². The summed E-state index contributed by atoms with van der Waals surface area (Å²) >= 11 is 0. The number of likely N-dealkylation sites (tertiary alicyclic amines) is 1. The second kappa shape index (κ2) is 7.91. The monoisotopic (exact) mass is 352 g/mol. The topological polar surface area (TPSA) is 87.6 Å². The predicted octanol–water partition coefficient (Wildman–Crippen LogP) is 3.35. The molecule has 6 heteroatoms. The van der Waals surface area contributed by atoms with Gasteiger partial charge in [-0.3, -0.25) is 14.6 Å². The Labute approximate surface area is 151 Å². The molecule has 0 saturated carbocycles. The van der Waals surface area contributed by atoms with Crippen LogP contribution in [0.3, 0.4) is 0 Å². The highest BCUT2D eigenvalue weighted by Gasteiger charge is 2.36. The Balaban J connectivity index is 1.72. The third-order valence-corrected chi connectivity index (χ3v) is 4.80. The number of amides is 1. The van der Waals surface area contributed by atoms with Crippen LogP contribution in [0, 0.1) is 5.92 Å². The Kier molecular flexibility index (Phi) is 5.41. The van der Waals surface area contributed by atoms with Gasteiger partial charge in [0.25, 0.3) is 0 Å². The van der Waals surface area contributed by atoms with Crippen molar-refractivity contribution in [1.29, 1.82) is 0 Å². The number of carbonyl (C=O) groups is 3. The van der Waals surface area contributed by atoms with Crippen molar-refractivity contribution >= 4 is 17.7 Å². The summed E-state index contributed by atoms with van der Waals surface area (Å²) in [6, 6.07) is 11.9. The lowest BCUT2D eigenvalue weighted by molar-refractivity contribution is -0.124. The van der Waals surface area contributed by atoms with E-state index in [1.54, 1.807) is 42.7 Å². The second-order valence-corrected chi connectivity index (χ2v) is 6.43. The van der Waals surface area contributed by atoms with Crippen molar-refractivity contribution in [1.82, 2.24) is 9.88 Å². The molecule has 1 N–H and O–H groups in total. The predicted molar refractivity (Wildman–Crippen MR) is 94.8 cm³/mol. The summed E-state index contributed by atoms with van der Waals surface area (Å²) in [6.45, 7) is 0.269. The summed E-state index contributed by atoms with van der Waals surface area (Å²) in [7, 11) is 0. The van der Waals surface area contributed by atoms with E-state index >= 15 is 0 Å². The fourth-order valence-corrected chi connectivity index (χ4v) is 3.40. The van der Waals surface area contributed by atoms with Crippen LogP contribution in [0.1, 0.15) is 41.2 Å². The standard InChI is InChI=1S/C20H20N2O4/c23-18(14-5-2-1-3-6-14)12-19(24)15-8-10-22(20(25)26)17(11-15)16-7-4-9-21-13-16/h1-7,9,13,15,17H,8,10-12H2,(H,25,26). The van der Waals surface area contributed by atoms with Crippen LogP contribution in [0.15, 0.2) is 54.9 Å². The van der Waals surface area contributed by atoms with E-state index in [1.165, 1.54) is 4.90 Å². The molecule has 0 radical (unpaired) electrons. The molecule has 1 aromatic carbocycles. The van der Waals surface area contributed by atoms with Gasteiger partial charge in [-0.05, 0) is 24.5 Å². The largest absolute Gasteiger partial charge is 0.465 e. The van der Waals surface area contributed by atoms with E-state index in [0.717, 1.165) is 5.56 Å². The van der Waals surface area contributed by atoms with Gasteiger partial charge < -0.3 is 10.0 Å². The molecule has 2 heterocycles. The molecule has 0 bridgehead atoms. The molecule has 1 fully saturated rings. The molecule has 1 aromatic heterocycles. The fraction of sp³-hybridized carbons (Fsp3) is 0.300. The van der Waals surface area contributed by atoms with E-state index in [1.807, 2.05) is 12.1 Å². The molecule has 2 atom stereocenters. The van der Waals surface area contributed by atoms with Crippen LogP contribution in [0.5, 0.6) is 0 Å². The molecule has 1 aliphatic rings. The van der Waals surface area contributed by atoms with E-state index in [0.29, 0.717) is 18.4 Å². The summed E-state index contributed by atoms with van der Waals surface area (Å²) in [4.78, 5) is 41.9. The van der Waals surface area contributed by atoms with Gasteiger partial charge in [0.05, 0.1) is 12.5 Å². The van der Waals surface area contributed by atoms with E-state index in [4.69, 9.17) is 0 Å². The van der Waals surface area contributed by atoms with E-state index in [-0.39, 0.29) is 30.4 Å². The van der Waals surface area contributed by atoms with Crippen molar-refractivity contribution in [3.8, 4) is 0 Å². The number of carboxylic acid groups (broad SMARTS) is 1. The Morgan fingerprint density at radius 1 is 1.12 bits per heavy atom. The quantitative estimate of drug-likeness (QED) is 0.658. The van der Waals surface area contributed by atoms with Crippen LogP contribution in [-0.2, 0) is 4.79 Å². The molecule has 0 spiro atoms. The number of rotatable bonds is 5. The summed E-state index contributed by atoms with van der Waals surface area (Å²) < 4.78 is 0. The smallest absolute Gasteiger partial charge is 0.407 e. The number of pyridine rings is 1. The number of Topliss-reactive ketones (excluding diaryl/α,β-unsaturated/α-hetero) is 2. The minimum absolute atomic E-state index is 0.127. The third-order valence-electron chi connectivity index (χ3n) is 4.80. The number of carbonyl (C=O) groups excluding carboxylic acids is 2. The number of ketones is 2. The Morgan fingerprint density at radius 3 is 2.54 bits per heavy atom. The number of benzene rings is 1. The minimum atomic E-state index is -1.01. The van der Waals surface area contributed by atoms with Crippen molar-refractivity contribution in [3.05, 3.63) is 66.0 Å². The normalized spacial score (nSPS) is 19.8. The zero-order chi connectivity index (χ0) is 18.5. The van der Waals surface area contributed by atoms with Gasteiger partial charge in [0, 0.05) is 30.4 Å². The third kappa shape index (κ3) is 3.96. The lowest BCUT2D eigenvalue weighted by Crippen LogP contribution is -2.42. The number of piperidine rings is 1. The molecule has 1 amide bonds. The van der Waals surface area contributed by atoms with Gasteiger partial charge in [0.2, 0.25) is 0 Å². The SMILES string of the molecule is O=C(CC(=O)C1CCN(C(=O)O)C(c2cccnc2)C1)c1ccccc1. The van der Waals surface area contributed by atoms with Gasteiger partial charge in [0.1, 0.15) is 5.78 Å². The first-order valence-corrected chi connectivity index (χ1v) is 8.56. The lowest BCUT2D eigenvalue weighted by Gasteiger charge is -2.37. The van der Waals surface area contributed by atoms with Crippen molar-refractivity contribution in [3.63, 3.8) is 0 Å². The maximum Gasteiger partial charge on any atom is 0.407 e. The zero-order valence-electron chi connectivity index (χ0n) is 14.2. The molecule has 1 saturated heterocycles. The van der Waals surface area contributed by atoms with E-state index in [2.05, 4.69) is 4.98 Å². The van der Waals surface area contributed by atoms with Crippen molar-refractivity contribution < 1.29 is 19.5 Å². The molecule has 6 nitrogen and oxygen atoms in total. The molecular formula is C20H20N2O4. The number of hydrogen-bond acceptors (Lipinski definition) is 4. The first kappa shape index (κ1) is 17.8. The summed E-state index contributed by atoms with van der Waals surface area (Å²) in [6.07, 6.45) is 2.90. The van der Waals surface area contributed by atoms with Crippen LogP contribution in [0.25, 0.3) is 0 Å². The molecule has 0 aliphatic carbocycles. The Bertz CT molecular complexity index is 792. The van der Waals surface area contributed by atoms with Crippen LogP contribution < -0.4 is 0 Å². The molecule has 1 aliphatic heterocycles. The number of nitrogens with zero attached hydrogens (tertiary/aromatic N) is 2. The van der Waals surface area contributed by atoms with Gasteiger partial charge in [-0.1, -0.05) is 36.4 Å². The molecular weight excluding hydrogens is 332 g/mol. The Hall–Kier alpha value is -3.02. The maximum atomic E-state index is 12.6. The van der Waals surface area contributed by atoms with Gasteiger partial charge in [0.15, 0.2) is 5.78 Å². The van der Waals surface area contributed by atoms with Gasteiger partial charge >= 0.3 is 6.09 Å². The van der Waals surface area contributed by atoms with Crippen LogP contribution >= 0.6 is 0 Å². The number of aromatic nitrogens is 1. The van der Waals surface area contributed by atoms with Crippen molar-refractivity contribution in [2.45, 2.75) is 25.3 Å². The average molecular weight is 352 g/mol. The highest BCUT2D eigenvalue weighted by Crippen LogP contribution is 2.35. The second-order valence-electron chi connectivity index (χ2n) is 6.43. The van der Waals surface area contributed by atoms with Crippen LogP contribution in [0.2, 0.25) is 0 Å². The molecule has 134 valence electrons. The maximum absolute atomic E-state index is 12.6. The first-order valence-electron chi connectivity index (χ1n) is 8.56. The number of hydrogen-bond donors (Lipinski definition) is 1. The summed E-state index contributed by atoms with van der Waals surface area (Å²) in [5.41, 5.74) is 1.29. The van der Waals surface area contributed by atoms with Crippen LogP contribution in [-0.4, -0.2) is 39.2 Å². The van der Waals surface area contributed by atoms with Crippen LogP contribution in [0.4, 0.5) is 4.79 Å². The minimum Gasteiger partial charge on any atom is -0.465 e. The summed E-state index contributed by atoms with van der Waals surface area (Å²) in [5.74, 6) is -0.657. The highest BCUT2D eigenvalue weighted by atomic mass is 16.4. The van der Waals surface area contributed by atoms with E-state index < -0.39 is 12.1 Å². The van der Waals surface area contributed by atoms with Crippen molar-refractivity contribution in [2.75, 3.05) is 6.54 Å². The lowest BCUT2D eigenvalue weighted by atomic mass is 9.83. The average Bonchev–Trinajstić information content (AvgIpc) is 2.68. The Morgan fingerprint density at radius 2 is 1.88 bits per heavy atom.